The minimum absolute atomic E-state index is 0.0302. The molecule has 0 aliphatic carbocycles. The lowest BCUT2D eigenvalue weighted by atomic mass is 9.81. The van der Waals surface area contributed by atoms with E-state index in [1.807, 2.05) is 49.4 Å². The normalized spacial score (nSPS) is 20.8. The molecule has 1 fully saturated rings. The van der Waals surface area contributed by atoms with Gasteiger partial charge in [-0.3, -0.25) is 4.79 Å². The smallest absolute Gasteiger partial charge is 0.224 e. The summed E-state index contributed by atoms with van der Waals surface area (Å²) in [7, 11) is 1.61. The maximum absolute atomic E-state index is 11.5. The molecule has 7 heteroatoms. The Labute approximate surface area is 189 Å². The predicted octanol–water partition coefficient (Wildman–Crippen LogP) is 3.43. The van der Waals surface area contributed by atoms with Gasteiger partial charge in [0, 0.05) is 43.7 Å². The summed E-state index contributed by atoms with van der Waals surface area (Å²) in [6.45, 7) is 3.93. The van der Waals surface area contributed by atoms with Crippen LogP contribution in [0.15, 0.2) is 42.5 Å². The van der Waals surface area contributed by atoms with Crippen molar-refractivity contribution in [3.63, 3.8) is 0 Å². The van der Waals surface area contributed by atoms with Crippen LogP contribution < -0.4 is 14.8 Å². The zero-order valence-electron chi connectivity index (χ0n) is 18.7. The number of methoxy groups -OCH3 is 1. The number of carbonyl (C=O) groups excluding carboxylic acids is 1. The van der Waals surface area contributed by atoms with Crippen LogP contribution in [0.4, 0.5) is 5.69 Å². The maximum Gasteiger partial charge on any atom is 0.224 e. The highest BCUT2D eigenvalue weighted by Gasteiger charge is 2.43. The Bertz CT molecular complexity index is 938. The van der Waals surface area contributed by atoms with E-state index in [0.717, 1.165) is 48.5 Å². The molecule has 2 aromatic carbocycles. The van der Waals surface area contributed by atoms with Crippen molar-refractivity contribution in [2.45, 2.75) is 50.4 Å². The molecule has 1 saturated heterocycles. The number of likely N-dealkylation sites (tertiary alicyclic amines) is 1. The first-order chi connectivity index (χ1) is 15.4. The number of anilines is 1. The molecule has 32 heavy (non-hydrogen) atoms. The molecule has 4 rings (SSSR count). The fraction of sp³-hybridized carbons (Fsp3) is 0.480. The number of hydrogen-bond donors (Lipinski definition) is 3. The second kappa shape index (κ2) is 9.48. The summed E-state index contributed by atoms with van der Waals surface area (Å²) in [4.78, 5) is 13.7. The van der Waals surface area contributed by atoms with E-state index < -0.39 is 12.2 Å². The van der Waals surface area contributed by atoms with Crippen LogP contribution in [0.1, 0.15) is 55.9 Å². The van der Waals surface area contributed by atoms with Crippen molar-refractivity contribution in [3.05, 3.63) is 53.6 Å². The molecule has 1 spiro atoms. The Hall–Kier alpha value is -2.61. The molecule has 2 aliphatic rings. The van der Waals surface area contributed by atoms with Crippen molar-refractivity contribution in [1.29, 1.82) is 0 Å². The molecule has 2 atom stereocenters. The van der Waals surface area contributed by atoms with Gasteiger partial charge in [-0.05, 0) is 48.7 Å². The quantitative estimate of drug-likeness (QED) is 0.638. The fourth-order valence-electron chi connectivity index (χ4n) is 4.58. The van der Waals surface area contributed by atoms with Crippen molar-refractivity contribution < 1.29 is 24.5 Å². The largest absolute Gasteiger partial charge is 0.497 e. The Morgan fingerprint density at radius 1 is 1.25 bits per heavy atom. The van der Waals surface area contributed by atoms with Crippen LogP contribution >= 0.6 is 0 Å². The number of nitrogens with one attached hydrogen (secondary N) is 1. The molecule has 0 bridgehead atoms. The zero-order valence-corrected chi connectivity index (χ0v) is 18.7. The average Bonchev–Trinajstić information content (AvgIpc) is 2.81. The third-order valence-electron chi connectivity index (χ3n) is 6.57. The lowest BCUT2D eigenvalue weighted by Gasteiger charge is -2.46. The van der Waals surface area contributed by atoms with Gasteiger partial charge in [0.1, 0.15) is 17.1 Å². The third kappa shape index (κ3) is 4.90. The Kier molecular flexibility index (Phi) is 6.69. The number of amides is 1. The SMILES string of the molecule is CCC(=O)Nc1ccc([C@@H](O)CN2CCC3(CC2)C[C@@H](O)c2cc(OC)ccc2O3)cc1. The summed E-state index contributed by atoms with van der Waals surface area (Å²) >= 11 is 0. The molecule has 0 aromatic heterocycles. The van der Waals surface area contributed by atoms with Gasteiger partial charge < -0.3 is 29.9 Å². The van der Waals surface area contributed by atoms with Crippen LogP contribution in [0.5, 0.6) is 11.5 Å². The molecule has 2 aliphatic heterocycles. The summed E-state index contributed by atoms with van der Waals surface area (Å²) in [5, 5.41) is 24.3. The molecule has 7 nitrogen and oxygen atoms in total. The molecule has 2 heterocycles. The van der Waals surface area contributed by atoms with Gasteiger partial charge in [-0.1, -0.05) is 19.1 Å². The Balaban J connectivity index is 1.33. The lowest BCUT2D eigenvalue weighted by molar-refractivity contribution is -0.115. The number of aliphatic hydroxyl groups excluding tert-OH is 2. The highest BCUT2D eigenvalue weighted by molar-refractivity contribution is 5.90. The van der Waals surface area contributed by atoms with Crippen LogP contribution in [0, 0.1) is 0 Å². The highest BCUT2D eigenvalue weighted by Crippen LogP contribution is 2.45. The first-order valence-corrected chi connectivity index (χ1v) is 11.3. The summed E-state index contributed by atoms with van der Waals surface area (Å²) in [6, 6.07) is 12.9. The van der Waals surface area contributed by atoms with Gasteiger partial charge >= 0.3 is 0 Å². The van der Waals surface area contributed by atoms with Gasteiger partial charge in [0.05, 0.1) is 19.3 Å². The summed E-state index contributed by atoms with van der Waals surface area (Å²) in [5.41, 5.74) is 1.97. The molecule has 0 saturated carbocycles. The standard InChI is InChI=1S/C25H32N2O5/c1-3-24(30)26-18-6-4-17(5-7-18)22(29)16-27-12-10-25(11-13-27)15-21(28)20-14-19(31-2)8-9-23(20)32-25/h4-9,14,21-22,28-29H,3,10-13,15-16H2,1-2H3,(H,26,30)/t21-,22+/m1/s1. The van der Waals surface area contributed by atoms with E-state index in [1.165, 1.54) is 0 Å². The van der Waals surface area contributed by atoms with Crippen molar-refractivity contribution in [1.82, 2.24) is 4.90 Å². The number of piperidine rings is 1. The van der Waals surface area contributed by atoms with Crippen molar-refractivity contribution in [2.24, 2.45) is 0 Å². The molecule has 1 amide bonds. The summed E-state index contributed by atoms with van der Waals surface area (Å²) in [5.74, 6) is 1.41. The summed E-state index contributed by atoms with van der Waals surface area (Å²) < 4.78 is 11.6. The molecule has 0 unspecified atom stereocenters. The minimum Gasteiger partial charge on any atom is -0.497 e. The van der Waals surface area contributed by atoms with Gasteiger partial charge in [-0.15, -0.1) is 0 Å². The number of rotatable bonds is 6. The van der Waals surface area contributed by atoms with Crippen LogP contribution in [0.25, 0.3) is 0 Å². The van der Waals surface area contributed by atoms with Gasteiger partial charge in [-0.25, -0.2) is 0 Å². The van der Waals surface area contributed by atoms with Gasteiger partial charge in [0.25, 0.3) is 0 Å². The predicted molar refractivity (Wildman–Crippen MR) is 122 cm³/mol. The minimum atomic E-state index is -0.606. The lowest BCUT2D eigenvalue weighted by Crippen LogP contribution is -2.51. The van der Waals surface area contributed by atoms with Gasteiger partial charge in [-0.2, -0.15) is 0 Å². The summed E-state index contributed by atoms with van der Waals surface area (Å²) in [6.07, 6.45) is 1.41. The molecular weight excluding hydrogens is 408 g/mol. The van der Waals surface area contributed by atoms with Crippen LogP contribution in [0.2, 0.25) is 0 Å². The van der Waals surface area contributed by atoms with Crippen molar-refractivity contribution in [3.8, 4) is 11.5 Å². The zero-order chi connectivity index (χ0) is 22.7. The molecule has 0 radical (unpaired) electrons. The molecule has 2 aromatic rings. The van der Waals surface area contributed by atoms with Crippen LogP contribution in [-0.4, -0.2) is 53.4 Å². The number of β-amino-alcohol motifs (C(OH)–C–C–N with tert-alkyl or cyclic N) is 1. The second-order valence-corrected chi connectivity index (χ2v) is 8.75. The topological polar surface area (TPSA) is 91.3 Å². The van der Waals surface area contributed by atoms with E-state index in [4.69, 9.17) is 9.47 Å². The number of carbonyl (C=O) groups is 1. The number of hydrogen-bond acceptors (Lipinski definition) is 6. The van der Waals surface area contributed by atoms with E-state index in [2.05, 4.69) is 10.2 Å². The number of nitrogens with zero attached hydrogens (tertiary/aromatic N) is 1. The third-order valence-corrected chi connectivity index (χ3v) is 6.57. The Morgan fingerprint density at radius 2 is 1.97 bits per heavy atom. The van der Waals surface area contributed by atoms with Crippen LogP contribution in [-0.2, 0) is 4.79 Å². The van der Waals surface area contributed by atoms with Crippen LogP contribution in [0.3, 0.4) is 0 Å². The van der Waals surface area contributed by atoms with E-state index >= 15 is 0 Å². The maximum atomic E-state index is 11.5. The first-order valence-electron chi connectivity index (χ1n) is 11.3. The fourth-order valence-corrected chi connectivity index (χ4v) is 4.58. The number of fused-ring (bicyclic) bond motifs is 1. The first kappa shape index (κ1) is 22.6. The van der Waals surface area contributed by atoms with E-state index in [9.17, 15) is 15.0 Å². The second-order valence-electron chi connectivity index (χ2n) is 8.75. The number of ether oxygens (including phenoxy) is 2. The van der Waals surface area contributed by atoms with Gasteiger partial charge in [0.2, 0.25) is 5.91 Å². The number of benzene rings is 2. The molecule has 172 valence electrons. The van der Waals surface area contributed by atoms with E-state index in [0.29, 0.717) is 25.1 Å². The monoisotopic (exact) mass is 440 g/mol. The Morgan fingerprint density at radius 3 is 2.62 bits per heavy atom. The van der Waals surface area contributed by atoms with Gasteiger partial charge in [0.15, 0.2) is 0 Å². The highest BCUT2D eigenvalue weighted by atomic mass is 16.5. The van der Waals surface area contributed by atoms with Crippen molar-refractivity contribution >= 4 is 11.6 Å². The molecule has 3 N–H and O–H groups in total. The number of aliphatic hydroxyl groups is 2. The average molecular weight is 441 g/mol. The van der Waals surface area contributed by atoms with Crippen molar-refractivity contribution in [2.75, 3.05) is 32.1 Å². The molecular formula is C25H32N2O5. The van der Waals surface area contributed by atoms with E-state index in [-0.39, 0.29) is 11.5 Å². The van der Waals surface area contributed by atoms with E-state index in [1.54, 1.807) is 7.11 Å².